The van der Waals surface area contributed by atoms with Gasteiger partial charge < -0.3 is 24.8 Å². The maximum absolute atomic E-state index is 12.8. The molecule has 6 nitrogen and oxygen atoms in total. The van der Waals surface area contributed by atoms with Crippen molar-refractivity contribution in [3.63, 3.8) is 0 Å². The molecule has 1 fully saturated rings. The highest BCUT2D eigenvalue weighted by atomic mass is 19.4. The van der Waals surface area contributed by atoms with E-state index in [0.29, 0.717) is 25.7 Å². The lowest BCUT2D eigenvalue weighted by atomic mass is 9.89. The maximum Gasteiger partial charge on any atom is 0.416 e. The average Bonchev–Trinajstić information content (AvgIpc) is 3.04. The molecular weight excluding hydrogens is 441 g/mol. The third-order valence-electron chi connectivity index (χ3n) is 5.61. The Balaban J connectivity index is 1.86. The van der Waals surface area contributed by atoms with Crippen LogP contribution in [-0.2, 0) is 15.7 Å². The van der Waals surface area contributed by atoms with E-state index >= 15 is 0 Å². The summed E-state index contributed by atoms with van der Waals surface area (Å²) in [7, 11) is 1.34. The monoisotopic (exact) mass is 472 g/mol. The lowest BCUT2D eigenvalue weighted by Crippen LogP contribution is -2.21. The topological polar surface area (TPSA) is 96.2 Å². The minimum Gasteiger partial charge on any atom is -0.491 e. The molecule has 0 radical (unpaired) electrons. The van der Waals surface area contributed by atoms with E-state index in [1.165, 1.54) is 25.3 Å². The number of allylic oxidation sites excluding steroid dienone is 2. The van der Waals surface area contributed by atoms with Gasteiger partial charge in [0.15, 0.2) is 0 Å². The fourth-order valence-corrected chi connectivity index (χ4v) is 3.80. The third kappa shape index (κ3) is 8.83. The summed E-state index contributed by atoms with van der Waals surface area (Å²) in [5, 5.41) is 30.7. The smallest absolute Gasteiger partial charge is 0.416 e. The van der Waals surface area contributed by atoms with Crippen LogP contribution in [0.1, 0.15) is 37.7 Å². The number of ether oxygens (including phenoxy) is 2. The summed E-state index contributed by atoms with van der Waals surface area (Å²) in [6, 6.07) is 4.39. The number of halogens is 3. The first-order valence-corrected chi connectivity index (χ1v) is 10.9. The summed E-state index contributed by atoms with van der Waals surface area (Å²) in [5.41, 5.74) is -0.839. The van der Waals surface area contributed by atoms with Gasteiger partial charge in [0.25, 0.3) is 0 Å². The fourth-order valence-electron chi connectivity index (χ4n) is 3.80. The van der Waals surface area contributed by atoms with Gasteiger partial charge in [0.05, 0.1) is 24.9 Å². The number of hydrogen-bond donors (Lipinski definition) is 3. The molecule has 184 valence electrons. The molecule has 1 saturated carbocycles. The second kappa shape index (κ2) is 12.8. The number of aliphatic hydroxyl groups excluding tert-OH is 3. The molecule has 2 rings (SSSR count). The van der Waals surface area contributed by atoms with Crippen molar-refractivity contribution in [1.29, 1.82) is 0 Å². The second-order valence-electron chi connectivity index (χ2n) is 8.08. The maximum atomic E-state index is 12.8. The van der Waals surface area contributed by atoms with Crippen LogP contribution >= 0.6 is 0 Å². The van der Waals surface area contributed by atoms with Gasteiger partial charge in [-0.1, -0.05) is 30.4 Å². The zero-order valence-electron chi connectivity index (χ0n) is 18.4. The highest BCUT2D eigenvalue weighted by Crippen LogP contribution is 2.36. The Hall–Kier alpha value is -2.36. The highest BCUT2D eigenvalue weighted by molar-refractivity contribution is 5.69. The fraction of sp³-hybridized carbons (Fsp3) is 0.542. The van der Waals surface area contributed by atoms with Gasteiger partial charge in [-0.15, -0.1) is 0 Å². The first kappa shape index (κ1) is 26.9. The summed E-state index contributed by atoms with van der Waals surface area (Å²) in [6.45, 7) is -0.256. The van der Waals surface area contributed by atoms with Crippen LogP contribution < -0.4 is 4.74 Å². The Kier molecular flexibility index (Phi) is 10.4. The lowest BCUT2D eigenvalue weighted by molar-refractivity contribution is -0.140. The van der Waals surface area contributed by atoms with Gasteiger partial charge in [0.1, 0.15) is 18.5 Å². The molecule has 5 atom stereocenters. The van der Waals surface area contributed by atoms with Crippen molar-refractivity contribution in [2.75, 3.05) is 13.7 Å². The summed E-state index contributed by atoms with van der Waals surface area (Å²) < 4.78 is 48.2. The van der Waals surface area contributed by atoms with Gasteiger partial charge in [0.2, 0.25) is 0 Å². The molecule has 0 saturated heterocycles. The molecule has 0 bridgehead atoms. The van der Waals surface area contributed by atoms with E-state index in [2.05, 4.69) is 4.74 Å². The first-order chi connectivity index (χ1) is 15.6. The van der Waals surface area contributed by atoms with Crippen molar-refractivity contribution in [1.82, 2.24) is 0 Å². The zero-order chi connectivity index (χ0) is 24.4. The first-order valence-electron chi connectivity index (χ1n) is 10.9. The van der Waals surface area contributed by atoms with Crippen LogP contribution in [0.2, 0.25) is 0 Å². The summed E-state index contributed by atoms with van der Waals surface area (Å²) in [6.07, 6.45) is 2.21. The number of carbonyl (C=O) groups is 1. The molecule has 1 aromatic carbocycles. The number of esters is 1. The molecule has 1 unspecified atom stereocenters. The average molecular weight is 473 g/mol. The molecule has 0 aromatic heterocycles. The molecule has 1 aliphatic rings. The quantitative estimate of drug-likeness (QED) is 0.259. The number of benzene rings is 1. The second-order valence-corrected chi connectivity index (χ2v) is 8.08. The molecule has 0 spiro atoms. The molecule has 0 aliphatic heterocycles. The molecule has 1 aromatic rings. The summed E-state index contributed by atoms with van der Waals surface area (Å²) >= 11 is 0. The zero-order valence-corrected chi connectivity index (χ0v) is 18.4. The van der Waals surface area contributed by atoms with E-state index in [1.54, 1.807) is 6.08 Å². The van der Waals surface area contributed by atoms with E-state index in [0.717, 1.165) is 12.1 Å². The van der Waals surface area contributed by atoms with Gasteiger partial charge >= 0.3 is 12.1 Å². The molecule has 0 heterocycles. The lowest BCUT2D eigenvalue weighted by Gasteiger charge is -2.19. The van der Waals surface area contributed by atoms with Crippen molar-refractivity contribution in [3.8, 4) is 5.75 Å². The summed E-state index contributed by atoms with van der Waals surface area (Å²) in [4.78, 5) is 11.1. The minimum absolute atomic E-state index is 0.0104. The van der Waals surface area contributed by atoms with Crippen LogP contribution in [0.25, 0.3) is 0 Å². The van der Waals surface area contributed by atoms with Crippen molar-refractivity contribution >= 4 is 5.97 Å². The van der Waals surface area contributed by atoms with Crippen LogP contribution in [-0.4, -0.2) is 53.3 Å². The van der Waals surface area contributed by atoms with Crippen molar-refractivity contribution in [2.24, 2.45) is 11.8 Å². The highest BCUT2D eigenvalue weighted by Gasteiger charge is 2.39. The predicted octanol–water partition coefficient (Wildman–Crippen LogP) is 3.65. The van der Waals surface area contributed by atoms with Gasteiger partial charge in [0, 0.05) is 18.8 Å². The minimum atomic E-state index is -4.48. The van der Waals surface area contributed by atoms with E-state index in [-0.39, 0.29) is 36.6 Å². The van der Waals surface area contributed by atoms with Crippen LogP contribution in [0.4, 0.5) is 13.2 Å². The molecular formula is C24H31F3O6. The Morgan fingerprint density at radius 3 is 2.70 bits per heavy atom. The largest absolute Gasteiger partial charge is 0.491 e. The van der Waals surface area contributed by atoms with Crippen LogP contribution in [0, 0.1) is 11.8 Å². The van der Waals surface area contributed by atoms with Gasteiger partial charge in [-0.05, 0) is 43.4 Å². The van der Waals surface area contributed by atoms with Crippen molar-refractivity contribution < 1.29 is 42.8 Å². The molecule has 1 aliphatic carbocycles. The van der Waals surface area contributed by atoms with Crippen LogP contribution in [0.5, 0.6) is 5.75 Å². The van der Waals surface area contributed by atoms with Gasteiger partial charge in [-0.2, -0.15) is 13.2 Å². The number of hydrogen-bond acceptors (Lipinski definition) is 6. The van der Waals surface area contributed by atoms with E-state index in [4.69, 9.17) is 4.74 Å². The molecule has 33 heavy (non-hydrogen) atoms. The molecule has 3 N–H and O–H groups in total. The standard InChI is InChI=1S/C24H31F3O6/c1-32-23(31)10-5-3-2-4-9-19-20(22(30)14-21(19)29)12-11-17(28)15-33-18-8-6-7-16(13-18)24(25,26)27/h2,4,6-8,11-13,17,19-22,28-30H,3,5,9-10,14-15H2,1H3/b4-2+,12-11+/t17-,19?,20-,21+,22-/m1/s1. The Bertz CT molecular complexity index is 808. The Morgan fingerprint density at radius 2 is 2.00 bits per heavy atom. The summed E-state index contributed by atoms with van der Waals surface area (Å²) in [5.74, 6) is -0.907. The number of alkyl halides is 3. The number of unbranched alkanes of at least 4 members (excludes halogenated alkanes) is 1. The van der Waals surface area contributed by atoms with Crippen LogP contribution in [0.3, 0.4) is 0 Å². The van der Waals surface area contributed by atoms with E-state index < -0.39 is 30.1 Å². The third-order valence-corrected chi connectivity index (χ3v) is 5.61. The number of aliphatic hydroxyl groups is 3. The molecule has 0 amide bonds. The molecule has 9 heteroatoms. The number of rotatable bonds is 11. The van der Waals surface area contributed by atoms with Crippen molar-refractivity contribution in [2.45, 2.75) is 56.6 Å². The normalized spacial score (nSPS) is 24.5. The number of methoxy groups -OCH3 is 1. The van der Waals surface area contributed by atoms with Gasteiger partial charge in [-0.25, -0.2) is 0 Å². The Labute approximate surface area is 191 Å². The van der Waals surface area contributed by atoms with Crippen LogP contribution in [0.15, 0.2) is 48.6 Å². The number of carbonyl (C=O) groups excluding carboxylic acids is 1. The van der Waals surface area contributed by atoms with Crippen molar-refractivity contribution in [3.05, 3.63) is 54.1 Å². The van der Waals surface area contributed by atoms with E-state index in [1.807, 2.05) is 12.2 Å². The predicted molar refractivity (Wildman–Crippen MR) is 115 cm³/mol. The van der Waals surface area contributed by atoms with Gasteiger partial charge in [-0.3, -0.25) is 4.79 Å². The SMILES string of the molecule is COC(=O)CCC/C=C/CC1[C@@H](/C=C/[C@@H](O)COc2cccc(C(F)(F)F)c2)[C@H](O)C[C@@H]1O. The Morgan fingerprint density at radius 1 is 1.24 bits per heavy atom. The van der Waals surface area contributed by atoms with E-state index in [9.17, 15) is 33.3 Å².